The Morgan fingerprint density at radius 2 is 2.05 bits per heavy atom. The fourth-order valence-corrected chi connectivity index (χ4v) is 1.83. The lowest BCUT2D eigenvalue weighted by atomic mass is 10.1. The van der Waals surface area contributed by atoms with E-state index in [0.717, 1.165) is 22.5 Å². The molecule has 0 saturated carbocycles. The van der Waals surface area contributed by atoms with Gasteiger partial charge in [-0.15, -0.1) is 0 Å². The molecule has 0 spiro atoms. The van der Waals surface area contributed by atoms with E-state index in [4.69, 9.17) is 5.73 Å². The predicted molar refractivity (Wildman–Crippen MR) is 75.6 cm³/mol. The first-order chi connectivity index (χ1) is 9.15. The molecule has 0 saturated heterocycles. The molecule has 4 heteroatoms. The second kappa shape index (κ2) is 6.00. The van der Waals surface area contributed by atoms with Gasteiger partial charge in [0.2, 0.25) is 5.91 Å². The molecule has 19 heavy (non-hydrogen) atoms. The summed E-state index contributed by atoms with van der Waals surface area (Å²) in [7, 11) is 0. The van der Waals surface area contributed by atoms with Gasteiger partial charge in [0.25, 0.3) is 0 Å². The Labute approximate surface area is 112 Å². The van der Waals surface area contributed by atoms with Crippen LogP contribution in [-0.2, 0) is 17.8 Å². The fourth-order valence-electron chi connectivity index (χ4n) is 1.83. The molecule has 1 heterocycles. The van der Waals surface area contributed by atoms with Crippen LogP contribution in [0.4, 0.5) is 5.69 Å². The average molecular weight is 255 g/mol. The van der Waals surface area contributed by atoms with Crippen LogP contribution in [0.2, 0.25) is 0 Å². The molecule has 0 atom stereocenters. The number of nitrogens with two attached hydrogens (primary N) is 1. The Bertz CT molecular complexity index is 564. The smallest absolute Gasteiger partial charge is 0.221 e. The van der Waals surface area contributed by atoms with Crippen molar-refractivity contribution in [3.63, 3.8) is 0 Å². The van der Waals surface area contributed by atoms with Gasteiger partial charge >= 0.3 is 0 Å². The van der Waals surface area contributed by atoms with Gasteiger partial charge in [0.15, 0.2) is 0 Å². The van der Waals surface area contributed by atoms with Crippen LogP contribution < -0.4 is 11.1 Å². The van der Waals surface area contributed by atoms with Crippen LogP contribution in [-0.4, -0.2) is 10.9 Å². The fraction of sp³-hybridized carbons (Fsp3) is 0.200. The van der Waals surface area contributed by atoms with Gasteiger partial charge in [-0.25, -0.2) is 0 Å². The Hall–Kier alpha value is -2.36. The summed E-state index contributed by atoms with van der Waals surface area (Å²) in [5, 5.41) is 3.31. The molecule has 0 aliphatic heterocycles. The summed E-state index contributed by atoms with van der Waals surface area (Å²) in [4.78, 5) is 15.3. The number of anilines is 1. The molecule has 1 aromatic carbocycles. The summed E-state index contributed by atoms with van der Waals surface area (Å²) in [6.07, 6.45) is 2.09. The first-order valence-corrected chi connectivity index (χ1v) is 6.17. The molecular formula is C15H17N3O. The largest absolute Gasteiger partial charge is 0.381 e. The van der Waals surface area contributed by atoms with Gasteiger partial charge in [0, 0.05) is 24.1 Å². The van der Waals surface area contributed by atoms with Crippen LogP contribution in [0.3, 0.4) is 0 Å². The minimum atomic E-state index is -0.328. The average Bonchev–Trinajstić information content (AvgIpc) is 2.39. The number of primary amides is 1. The van der Waals surface area contributed by atoms with E-state index in [-0.39, 0.29) is 12.3 Å². The number of nitrogens with one attached hydrogen (secondary N) is 1. The topological polar surface area (TPSA) is 68.0 Å². The zero-order valence-corrected chi connectivity index (χ0v) is 10.9. The molecule has 0 radical (unpaired) electrons. The van der Waals surface area contributed by atoms with Crippen LogP contribution in [0.5, 0.6) is 0 Å². The van der Waals surface area contributed by atoms with Crippen molar-refractivity contribution < 1.29 is 4.79 Å². The maximum Gasteiger partial charge on any atom is 0.221 e. The molecule has 4 nitrogen and oxygen atoms in total. The maximum absolute atomic E-state index is 11.0. The second-order valence-corrected chi connectivity index (χ2v) is 4.46. The molecule has 98 valence electrons. The summed E-state index contributed by atoms with van der Waals surface area (Å²) < 4.78 is 0. The Morgan fingerprint density at radius 1 is 1.26 bits per heavy atom. The van der Waals surface area contributed by atoms with E-state index >= 15 is 0 Å². The summed E-state index contributed by atoms with van der Waals surface area (Å²) >= 11 is 0. The first-order valence-electron chi connectivity index (χ1n) is 6.17. The summed E-state index contributed by atoms with van der Waals surface area (Å²) in [6, 6.07) is 11.7. The van der Waals surface area contributed by atoms with Crippen molar-refractivity contribution in [3.05, 3.63) is 59.4 Å². The second-order valence-electron chi connectivity index (χ2n) is 4.46. The van der Waals surface area contributed by atoms with Gasteiger partial charge in [-0.3, -0.25) is 9.78 Å². The summed E-state index contributed by atoms with van der Waals surface area (Å²) in [5.41, 5.74) is 9.18. The van der Waals surface area contributed by atoms with Crippen LogP contribution in [0.25, 0.3) is 0 Å². The molecular weight excluding hydrogens is 238 g/mol. The molecule has 0 bridgehead atoms. The van der Waals surface area contributed by atoms with Gasteiger partial charge < -0.3 is 11.1 Å². The molecule has 3 N–H and O–H groups in total. The van der Waals surface area contributed by atoms with Gasteiger partial charge in [-0.1, -0.05) is 24.3 Å². The van der Waals surface area contributed by atoms with Crippen LogP contribution in [0.1, 0.15) is 16.8 Å². The van der Waals surface area contributed by atoms with E-state index in [1.54, 1.807) is 0 Å². The predicted octanol–water partition coefficient (Wildman–Crippen LogP) is 2.03. The number of carbonyl (C=O) groups is 1. The molecule has 1 aromatic heterocycles. The standard InChI is InChI=1S/C15H17N3O/c1-11-6-7-12(9-17-11)10-18-14-5-3-2-4-13(14)8-15(16)19/h2-7,9,18H,8,10H2,1H3,(H2,16,19). The molecule has 2 aromatic rings. The van der Waals surface area contributed by atoms with Crippen LogP contribution in [0.15, 0.2) is 42.6 Å². The number of nitrogens with zero attached hydrogens (tertiary/aromatic N) is 1. The van der Waals surface area contributed by atoms with E-state index in [0.29, 0.717) is 6.54 Å². The summed E-state index contributed by atoms with van der Waals surface area (Å²) in [5.74, 6) is -0.328. The minimum Gasteiger partial charge on any atom is -0.381 e. The van der Waals surface area contributed by atoms with E-state index < -0.39 is 0 Å². The lowest BCUT2D eigenvalue weighted by Gasteiger charge is -2.11. The number of carbonyl (C=O) groups excluding carboxylic acids is 1. The Morgan fingerprint density at radius 3 is 2.74 bits per heavy atom. The van der Waals surface area contributed by atoms with Crippen molar-refractivity contribution >= 4 is 11.6 Å². The first kappa shape index (κ1) is 13.1. The minimum absolute atomic E-state index is 0.245. The highest BCUT2D eigenvalue weighted by Crippen LogP contribution is 2.16. The van der Waals surface area contributed by atoms with Crippen molar-refractivity contribution in [2.45, 2.75) is 19.9 Å². The highest BCUT2D eigenvalue weighted by molar-refractivity contribution is 5.78. The number of hydrogen-bond donors (Lipinski definition) is 2. The highest BCUT2D eigenvalue weighted by atomic mass is 16.1. The lowest BCUT2D eigenvalue weighted by Crippen LogP contribution is -2.15. The lowest BCUT2D eigenvalue weighted by molar-refractivity contribution is -0.117. The monoisotopic (exact) mass is 255 g/mol. The quantitative estimate of drug-likeness (QED) is 0.859. The van der Waals surface area contributed by atoms with E-state index in [9.17, 15) is 4.79 Å². The summed E-state index contributed by atoms with van der Waals surface area (Å²) in [6.45, 7) is 2.63. The number of hydrogen-bond acceptors (Lipinski definition) is 3. The van der Waals surface area contributed by atoms with Gasteiger partial charge in [-0.05, 0) is 30.2 Å². The third kappa shape index (κ3) is 3.81. The number of benzene rings is 1. The molecule has 2 rings (SSSR count). The number of amides is 1. The molecule has 0 unspecified atom stereocenters. The maximum atomic E-state index is 11.0. The normalized spacial score (nSPS) is 10.2. The number of aryl methyl sites for hydroxylation is 1. The van der Waals surface area contributed by atoms with Gasteiger partial charge in [0.1, 0.15) is 0 Å². The van der Waals surface area contributed by atoms with E-state index in [2.05, 4.69) is 10.3 Å². The molecule has 0 aliphatic rings. The molecule has 0 fully saturated rings. The number of para-hydroxylation sites is 1. The van der Waals surface area contributed by atoms with E-state index in [1.807, 2.05) is 49.5 Å². The van der Waals surface area contributed by atoms with Crippen LogP contribution in [0, 0.1) is 6.92 Å². The Balaban J connectivity index is 2.06. The van der Waals surface area contributed by atoms with Crippen molar-refractivity contribution in [2.75, 3.05) is 5.32 Å². The van der Waals surface area contributed by atoms with Crippen molar-refractivity contribution in [3.8, 4) is 0 Å². The van der Waals surface area contributed by atoms with Gasteiger partial charge in [0.05, 0.1) is 6.42 Å². The van der Waals surface area contributed by atoms with Crippen LogP contribution >= 0.6 is 0 Å². The van der Waals surface area contributed by atoms with Crippen molar-refractivity contribution in [1.29, 1.82) is 0 Å². The number of aromatic nitrogens is 1. The Kier molecular flexibility index (Phi) is 4.13. The SMILES string of the molecule is Cc1ccc(CNc2ccccc2CC(N)=O)cn1. The van der Waals surface area contributed by atoms with Gasteiger partial charge in [-0.2, -0.15) is 0 Å². The third-order valence-electron chi connectivity index (χ3n) is 2.84. The molecule has 0 aliphatic carbocycles. The zero-order chi connectivity index (χ0) is 13.7. The van der Waals surface area contributed by atoms with Crippen molar-refractivity contribution in [2.24, 2.45) is 5.73 Å². The number of pyridine rings is 1. The van der Waals surface area contributed by atoms with E-state index in [1.165, 1.54) is 0 Å². The zero-order valence-electron chi connectivity index (χ0n) is 10.9. The number of rotatable bonds is 5. The third-order valence-corrected chi connectivity index (χ3v) is 2.84. The van der Waals surface area contributed by atoms with Crippen molar-refractivity contribution in [1.82, 2.24) is 4.98 Å². The molecule has 1 amide bonds. The highest BCUT2D eigenvalue weighted by Gasteiger charge is 2.04.